The van der Waals surface area contributed by atoms with Gasteiger partial charge in [-0.2, -0.15) is 0 Å². The lowest BCUT2D eigenvalue weighted by Crippen LogP contribution is -2.11. The molecule has 0 aliphatic carbocycles. The van der Waals surface area contributed by atoms with Crippen LogP contribution in [-0.2, 0) is 11.3 Å². The Morgan fingerprint density at radius 2 is 1.79 bits per heavy atom. The van der Waals surface area contributed by atoms with Crippen LogP contribution in [-0.4, -0.2) is 22.7 Å². The van der Waals surface area contributed by atoms with Crippen LogP contribution in [0.5, 0.6) is 5.75 Å². The molecule has 33 heavy (non-hydrogen) atoms. The van der Waals surface area contributed by atoms with Gasteiger partial charge in [0.2, 0.25) is 0 Å². The standard InChI is InChI=1S/C26H20F2N2O3/c27-22-13-18-9-11-20(30-24(18)14-23(22)28)10-8-17-4-3-6-21(12-17)29-15-19-5-1-2-7-25(19)33-16-26(31)32/h1-14,29H,15-16H2,(H,31,32). The van der Waals surface area contributed by atoms with Gasteiger partial charge in [0.05, 0.1) is 11.2 Å². The highest BCUT2D eigenvalue weighted by atomic mass is 19.2. The fourth-order valence-corrected chi connectivity index (χ4v) is 3.29. The third-order valence-electron chi connectivity index (χ3n) is 4.89. The van der Waals surface area contributed by atoms with Crippen molar-refractivity contribution in [3.63, 3.8) is 0 Å². The van der Waals surface area contributed by atoms with Crippen LogP contribution in [0.3, 0.4) is 0 Å². The van der Waals surface area contributed by atoms with Crippen LogP contribution in [0.4, 0.5) is 14.5 Å². The molecule has 0 amide bonds. The smallest absolute Gasteiger partial charge is 0.341 e. The van der Waals surface area contributed by atoms with Gasteiger partial charge >= 0.3 is 5.97 Å². The summed E-state index contributed by atoms with van der Waals surface area (Å²) in [5.41, 5.74) is 3.63. The molecule has 4 rings (SSSR count). The number of para-hydroxylation sites is 1. The number of benzene rings is 3. The number of nitrogens with one attached hydrogen (secondary N) is 1. The molecule has 0 aliphatic rings. The molecule has 1 heterocycles. The number of fused-ring (bicyclic) bond motifs is 1. The first-order valence-corrected chi connectivity index (χ1v) is 10.2. The number of hydrogen-bond donors (Lipinski definition) is 2. The summed E-state index contributed by atoms with van der Waals surface area (Å²) in [6.45, 7) is 0.0546. The maximum atomic E-state index is 13.5. The number of carboxylic acid groups (broad SMARTS) is 1. The Balaban J connectivity index is 1.45. The minimum atomic E-state index is -1.03. The highest BCUT2D eigenvalue weighted by molar-refractivity contribution is 5.81. The molecule has 2 N–H and O–H groups in total. The second kappa shape index (κ2) is 9.91. The van der Waals surface area contributed by atoms with E-state index < -0.39 is 24.2 Å². The first kappa shape index (κ1) is 22.0. The first-order valence-electron chi connectivity index (χ1n) is 10.2. The molecular weight excluding hydrogens is 426 g/mol. The summed E-state index contributed by atoms with van der Waals surface area (Å²) in [5.74, 6) is -2.34. The third kappa shape index (κ3) is 5.71. The Kier molecular flexibility index (Phi) is 6.59. The van der Waals surface area contributed by atoms with Gasteiger partial charge in [-0.3, -0.25) is 0 Å². The molecule has 5 nitrogen and oxygen atoms in total. The summed E-state index contributed by atoms with van der Waals surface area (Å²) in [6.07, 6.45) is 3.68. The van der Waals surface area contributed by atoms with Gasteiger partial charge < -0.3 is 15.2 Å². The molecule has 0 spiro atoms. The lowest BCUT2D eigenvalue weighted by Gasteiger charge is -2.12. The van der Waals surface area contributed by atoms with Crippen molar-refractivity contribution < 1.29 is 23.4 Å². The molecule has 0 unspecified atom stereocenters. The van der Waals surface area contributed by atoms with Crippen molar-refractivity contribution in [3.8, 4) is 5.75 Å². The maximum absolute atomic E-state index is 13.5. The van der Waals surface area contributed by atoms with Crippen LogP contribution in [0, 0.1) is 11.6 Å². The molecular formula is C26H20F2N2O3. The van der Waals surface area contributed by atoms with E-state index in [-0.39, 0.29) is 0 Å². The maximum Gasteiger partial charge on any atom is 0.341 e. The van der Waals surface area contributed by atoms with Crippen molar-refractivity contribution in [3.05, 3.63) is 101 Å². The monoisotopic (exact) mass is 446 g/mol. The van der Waals surface area contributed by atoms with E-state index in [0.717, 1.165) is 28.9 Å². The number of carbonyl (C=O) groups is 1. The Labute approximate surface area is 189 Å². The minimum Gasteiger partial charge on any atom is -0.482 e. The predicted molar refractivity (Wildman–Crippen MR) is 124 cm³/mol. The number of ether oxygens (including phenoxy) is 1. The first-order chi connectivity index (χ1) is 16.0. The van der Waals surface area contributed by atoms with Gasteiger partial charge in [0, 0.05) is 29.2 Å². The Bertz CT molecular complexity index is 1340. The third-order valence-corrected chi connectivity index (χ3v) is 4.89. The number of aromatic nitrogens is 1. The van der Waals surface area contributed by atoms with Crippen molar-refractivity contribution in [2.45, 2.75) is 6.54 Å². The summed E-state index contributed by atoms with van der Waals surface area (Å²) >= 11 is 0. The van der Waals surface area contributed by atoms with E-state index in [0.29, 0.717) is 28.9 Å². The van der Waals surface area contributed by atoms with Crippen LogP contribution in [0.15, 0.2) is 72.8 Å². The van der Waals surface area contributed by atoms with Crippen molar-refractivity contribution in [1.29, 1.82) is 0 Å². The molecule has 7 heteroatoms. The van der Waals surface area contributed by atoms with Gasteiger partial charge in [-0.1, -0.05) is 42.5 Å². The molecule has 166 valence electrons. The highest BCUT2D eigenvalue weighted by Crippen LogP contribution is 2.21. The van der Waals surface area contributed by atoms with Crippen LogP contribution in [0.25, 0.3) is 23.1 Å². The number of halogens is 2. The van der Waals surface area contributed by atoms with Gasteiger partial charge in [0.1, 0.15) is 5.75 Å². The second-order valence-corrected chi connectivity index (χ2v) is 7.30. The van der Waals surface area contributed by atoms with Crippen LogP contribution in [0.1, 0.15) is 16.8 Å². The van der Waals surface area contributed by atoms with E-state index in [9.17, 15) is 13.6 Å². The molecule has 4 aromatic rings. The number of aliphatic carboxylic acids is 1. The molecule has 0 aliphatic heterocycles. The van der Waals surface area contributed by atoms with E-state index in [1.54, 1.807) is 30.3 Å². The Morgan fingerprint density at radius 3 is 2.64 bits per heavy atom. The topological polar surface area (TPSA) is 71.5 Å². The van der Waals surface area contributed by atoms with E-state index in [4.69, 9.17) is 9.84 Å². The SMILES string of the molecule is O=C(O)COc1ccccc1CNc1cccc(C=Cc2ccc3cc(F)c(F)cc3n2)c1. The Morgan fingerprint density at radius 1 is 0.970 bits per heavy atom. The fourth-order valence-electron chi connectivity index (χ4n) is 3.29. The zero-order valence-corrected chi connectivity index (χ0v) is 17.5. The van der Waals surface area contributed by atoms with E-state index in [2.05, 4.69) is 10.3 Å². The minimum absolute atomic E-state index is 0.384. The molecule has 0 radical (unpaired) electrons. The van der Waals surface area contributed by atoms with Crippen molar-refractivity contribution in [2.75, 3.05) is 11.9 Å². The number of anilines is 1. The Hall–Kier alpha value is -4.26. The lowest BCUT2D eigenvalue weighted by molar-refractivity contribution is -0.139. The summed E-state index contributed by atoms with van der Waals surface area (Å²) < 4.78 is 32.2. The summed E-state index contributed by atoms with van der Waals surface area (Å²) in [4.78, 5) is 15.1. The molecule has 0 bridgehead atoms. The van der Waals surface area contributed by atoms with Crippen molar-refractivity contribution in [2.24, 2.45) is 0 Å². The molecule has 0 fully saturated rings. The van der Waals surface area contributed by atoms with Gasteiger partial charge in [-0.05, 0) is 42.0 Å². The molecule has 0 saturated heterocycles. The zero-order valence-electron chi connectivity index (χ0n) is 17.5. The number of nitrogens with zero attached hydrogens (tertiary/aromatic N) is 1. The predicted octanol–water partition coefficient (Wildman–Crippen LogP) is 5.76. The number of pyridine rings is 1. The molecule has 1 aromatic heterocycles. The average Bonchev–Trinajstić information content (AvgIpc) is 2.81. The summed E-state index contributed by atoms with van der Waals surface area (Å²) in [7, 11) is 0. The van der Waals surface area contributed by atoms with E-state index >= 15 is 0 Å². The zero-order chi connectivity index (χ0) is 23.2. The van der Waals surface area contributed by atoms with Gasteiger partial charge in [0.15, 0.2) is 18.2 Å². The molecule has 3 aromatic carbocycles. The van der Waals surface area contributed by atoms with Gasteiger partial charge in [-0.25, -0.2) is 18.6 Å². The van der Waals surface area contributed by atoms with Gasteiger partial charge in [0.25, 0.3) is 0 Å². The summed E-state index contributed by atoms with van der Waals surface area (Å²) in [6, 6.07) is 20.6. The normalized spacial score (nSPS) is 11.1. The van der Waals surface area contributed by atoms with Crippen LogP contribution >= 0.6 is 0 Å². The van der Waals surface area contributed by atoms with Crippen LogP contribution in [0.2, 0.25) is 0 Å². The van der Waals surface area contributed by atoms with Crippen LogP contribution < -0.4 is 10.1 Å². The molecule has 0 saturated carbocycles. The largest absolute Gasteiger partial charge is 0.482 e. The quantitative estimate of drug-likeness (QED) is 0.360. The number of carboxylic acids is 1. The fraction of sp³-hybridized carbons (Fsp3) is 0.0769. The number of hydrogen-bond acceptors (Lipinski definition) is 4. The van der Waals surface area contributed by atoms with Gasteiger partial charge in [-0.15, -0.1) is 0 Å². The van der Waals surface area contributed by atoms with Crippen molar-refractivity contribution in [1.82, 2.24) is 4.98 Å². The molecule has 0 atom stereocenters. The number of rotatable bonds is 8. The second-order valence-electron chi connectivity index (χ2n) is 7.30. The van der Waals surface area contributed by atoms with E-state index in [1.165, 1.54) is 0 Å². The highest BCUT2D eigenvalue weighted by Gasteiger charge is 2.06. The lowest BCUT2D eigenvalue weighted by atomic mass is 10.1. The van der Waals surface area contributed by atoms with E-state index in [1.807, 2.05) is 42.5 Å². The summed E-state index contributed by atoms with van der Waals surface area (Å²) in [5, 5.41) is 12.7. The average molecular weight is 446 g/mol. The van der Waals surface area contributed by atoms with Crippen molar-refractivity contribution >= 4 is 34.7 Å².